The van der Waals surface area contributed by atoms with E-state index in [1.165, 1.54) is 0 Å². The molecule has 0 saturated carbocycles. The lowest BCUT2D eigenvalue weighted by Crippen LogP contribution is -2.21. The van der Waals surface area contributed by atoms with Gasteiger partial charge in [0.25, 0.3) is 7.37 Å². The van der Waals surface area contributed by atoms with E-state index in [4.69, 9.17) is 4.52 Å². The lowest BCUT2D eigenvalue weighted by atomic mass is 10.2. The number of anilines is 2. The minimum absolute atomic E-state index is 0.437. The summed E-state index contributed by atoms with van der Waals surface area (Å²) in [6.45, 7) is 2.47. The maximum Gasteiger partial charge on any atom is 0.258 e. The van der Waals surface area contributed by atoms with Gasteiger partial charge in [0, 0.05) is 30.8 Å². The third kappa shape index (κ3) is 5.09. The van der Waals surface area contributed by atoms with E-state index in [1.807, 2.05) is 111 Å². The summed E-state index contributed by atoms with van der Waals surface area (Å²) in [6, 6.07) is 27.6. The summed E-state index contributed by atoms with van der Waals surface area (Å²) in [7, 11) is 0.719. The van der Waals surface area contributed by atoms with Crippen molar-refractivity contribution in [2.45, 2.75) is 19.1 Å². The molecule has 0 aromatic heterocycles. The van der Waals surface area contributed by atoms with Crippen LogP contribution < -0.4 is 15.5 Å². The zero-order valence-electron chi connectivity index (χ0n) is 17.3. The molecule has 0 saturated heterocycles. The quantitative estimate of drug-likeness (QED) is 0.448. The largest absolute Gasteiger partial charge is 0.378 e. The van der Waals surface area contributed by atoms with Gasteiger partial charge in [-0.15, -0.1) is 0 Å². The van der Waals surface area contributed by atoms with Crippen LogP contribution in [0.15, 0.2) is 84.9 Å². The summed E-state index contributed by atoms with van der Waals surface area (Å²) >= 11 is 0. The van der Waals surface area contributed by atoms with Gasteiger partial charge in [-0.25, -0.2) is 0 Å². The van der Waals surface area contributed by atoms with Crippen LogP contribution in [0.1, 0.15) is 24.7 Å². The van der Waals surface area contributed by atoms with Crippen LogP contribution >= 0.6 is 7.37 Å². The number of rotatable bonds is 9. The standard InChI is InChI=1S/C24H29N2O2P/c1-4-19-28-29(27,23-17-15-22(16-18-23)26(2)3)24(20-11-7-5-8-12-20)25-21-13-9-6-10-14-21/h5-18,24-25H,4,19H2,1-3H3/t24-,29+/m1/s1. The predicted molar refractivity (Wildman–Crippen MR) is 124 cm³/mol. The predicted octanol–water partition coefficient (Wildman–Crippen LogP) is 5.89. The molecular weight excluding hydrogens is 379 g/mol. The molecule has 3 aromatic rings. The van der Waals surface area contributed by atoms with E-state index in [-0.39, 0.29) is 0 Å². The molecule has 0 aliphatic heterocycles. The monoisotopic (exact) mass is 408 g/mol. The Labute approximate surface area is 174 Å². The van der Waals surface area contributed by atoms with Crippen LogP contribution in [0.4, 0.5) is 11.4 Å². The van der Waals surface area contributed by atoms with Crippen LogP contribution in [0.5, 0.6) is 0 Å². The highest BCUT2D eigenvalue weighted by atomic mass is 31.2. The average molecular weight is 408 g/mol. The fraction of sp³-hybridized carbons (Fsp3) is 0.250. The molecule has 29 heavy (non-hydrogen) atoms. The topological polar surface area (TPSA) is 41.6 Å². The second-order valence-corrected chi connectivity index (χ2v) is 9.65. The van der Waals surface area contributed by atoms with Crippen molar-refractivity contribution in [2.75, 3.05) is 30.9 Å². The Hall–Kier alpha value is -2.55. The van der Waals surface area contributed by atoms with Gasteiger partial charge in [-0.2, -0.15) is 0 Å². The molecule has 0 unspecified atom stereocenters. The van der Waals surface area contributed by atoms with Gasteiger partial charge >= 0.3 is 0 Å². The van der Waals surface area contributed by atoms with Crippen molar-refractivity contribution in [3.63, 3.8) is 0 Å². The smallest absolute Gasteiger partial charge is 0.258 e. The van der Waals surface area contributed by atoms with Crippen molar-refractivity contribution in [3.05, 3.63) is 90.5 Å². The Morgan fingerprint density at radius 3 is 2.03 bits per heavy atom. The molecule has 0 radical (unpaired) electrons. The van der Waals surface area contributed by atoms with E-state index in [1.54, 1.807) is 0 Å². The number of hydrogen-bond donors (Lipinski definition) is 1. The van der Waals surface area contributed by atoms with E-state index in [0.29, 0.717) is 11.9 Å². The molecule has 0 heterocycles. The second-order valence-electron chi connectivity index (χ2n) is 7.16. The van der Waals surface area contributed by atoms with Gasteiger partial charge in [-0.1, -0.05) is 55.5 Å². The van der Waals surface area contributed by atoms with Gasteiger partial charge in [0.15, 0.2) is 0 Å². The van der Waals surface area contributed by atoms with E-state index in [2.05, 4.69) is 5.32 Å². The first-order valence-corrected chi connectivity index (χ1v) is 11.6. The SMILES string of the molecule is CCCO[P@@](=O)(c1ccc(N(C)C)cc1)[C@@H](Nc1ccccc1)c1ccccc1. The van der Waals surface area contributed by atoms with Gasteiger partial charge in [-0.3, -0.25) is 4.57 Å². The zero-order chi connectivity index (χ0) is 20.7. The minimum Gasteiger partial charge on any atom is -0.378 e. The fourth-order valence-electron chi connectivity index (χ4n) is 3.18. The Bertz CT molecular complexity index is 928. The first kappa shape index (κ1) is 21.2. The molecule has 0 fully saturated rings. The molecular formula is C24H29N2O2P. The summed E-state index contributed by atoms with van der Waals surface area (Å²) in [5.74, 6) is -0.483. The van der Waals surface area contributed by atoms with E-state index in [9.17, 15) is 4.57 Å². The van der Waals surface area contributed by atoms with Crippen LogP contribution in [0.2, 0.25) is 0 Å². The lowest BCUT2D eigenvalue weighted by molar-refractivity contribution is 0.315. The molecule has 1 N–H and O–H groups in total. The first-order chi connectivity index (χ1) is 14.0. The molecule has 152 valence electrons. The molecule has 4 nitrogen and oxygen atoms in total. The molecule has 3 aromatic carbocycles. The van der Waals surface area contributed by atoms with Crippen molar-refractivity contribution in [3.8, 4) is 0 Å². The Kier molecular flexibility index (Phi) is 7.13. The number of hydrogen-bond acceptors (Lipinski definition) is 4. The zero-order valence-corrected chi connectivity index (χ0v) is 18.2. The van der Waals surface area contributed by atoms with Crippen molar-refractivity contribution >= 4 is 24.0 Å². The minimum atomic E-state index is -3.27. The van der Waals surface area contributed by atoms with E-state index < -0.39 is 13.2 Å². The summed E-state index contributed by atoms with van der Waals surface area (Å²) in [5.41, 5.74) is 2.90. The highest BCUT2D eigenvalue weighted by molar-refractivity contribution is 7.67. The van der Waals surface area contributed by atoms with Gasteiger partial charge in [0.2, 0.25) is 0 Å². The van der Waals surface area contributed by atoms with Crippen molar-refractivity contribution in [2.24, 2.45) is 0 Å². The molecule has 0 aliphatic carbocycles. The van der Waals surface area contributed by atoms with E-state index in [0.717, 1.165) is 23.4 Å². The van der Waals surface area contributed by atoms with Crippen molar-refractivity contribution < 1.29 is 9.09 Å². The van der Waals surface area contributed by atoms with E-state index >= 15 is 0 Å². The normalized spacial score (nSPS) is 14.0. The number of nitrogens with one attached hydrogen (secondary N) is 1. The van der Waals surface area contributed by atoms with Crippen molar-refractivity contribution in [1.82, 2.24) is 0 Å². The number of nitrogens with zero attached hydrogens (tertiary/aromatic N) is 1. The maximum absolute atomic E-state index is 14.5. The average Bonchev–Trinajstić information content (AvgIpc) is 2.77. The summed E-state index contributed by atoms with van der Waals surface area (Å²) in [6.07, 6.45) is 0.798. The molecule has 0 bridgehead atoms. The summed E-state index contributed by atoms with van der Waals surface area (Å²) < 4.78 is 20.6. The van der Waals surface area contributed by atoms with Gasteiger partial charge in [0.05, 0.1) is 6.61 Å². The van der Waals surface area contributed by atoms with Crippen LogP contribution in [0, 0.1) is 0 Å². The van der Waals surface area contributed by atoms with Crippen molar-refractivity contribution in [1.29, 1.82) is 0 Å². The third-order valence-corrected chi connectivity index (χ3v) is 7.44. The third-order valence-electron chi connectivity index (χ3n) is 4.75. The lowest BCUT2D eigenvalue weighted by Gasteiger charge is -2.30. The van der Waals surface area contributed by atoms with Gasteiger partial charge < -0.3 is 14.7 Å². The molecule has 0 aliphatic rings. The Balaban J connectivity index is 2.08. The molecule has 0 amide bonds. The van der Waals surface area contributed by atoms with Crippen LogP contribution in [-0.2, 0) is 9.09 Å². The second kappa shape index (κ2) is 9.78. The molecule has 0 spiro atoms. The summed E-state index contributed by atoms with van der Waals surface area (Å²) in [4.78, 5) is 2.03. The maximum atomic E-state index is 14.5. The van der Waals surface area contributed by atoms with Gasteiger partial charge in [0.1, 0.15) is 5.78 Å². The first-order valence-electron chi connectivity index (χ1n) is 9.93. The van der Waals surface area contributed by atoms with Crippen LogP contribution in [-0.4, -0.2) is 20.7 Å². The highest BCUT2D eigenvalue weighted by Crippen LogP contribution is 2.59. The Morgan fingerprint density at radius 1 is 0.897 bits per heavy atom. The summed E-state index contributed by atoms with van der Waals surface area (Å²) in [5, 5.41) is 4.20. The van der Waals surface area contributed by atoms with Crippen LogP contribution in [0.25, 0.3) is 0 Å². The van der Waals surface area contributed by atoms with Crippen LogP contribution in [0.3, 0.4) is 0 Å². The number of benzene rings is 3. The molecule has 3 rings (SSSR count). The van der Waals surface area contributed by atoms with Gasteiger partial charge in [-0.05, 0) is 48.4 Å². The number of para-hydroxylation sites is 1. The fourth-order valence-corrected chi connectivity index (χ4v) is 5.67. The molecule has 5 heteroatoms. The Morgan fingerprint density at radius 2 is 1.48 bits per heavy atom. The molecule has 2 atom stereocenters. The highest BCUT2D eigenvalue weighted by Gasteiger charge is 2.37.